The number of H-pyrrole nitrogens is 1. The highest BCUT2D eigenvalue weighted by molar-refractivity contribution is 7.07. The van der Waals surface area contributed by atoms with Gasteiger partial charge in [-0.15, -0.1) is 5.10 Å². The topological polar surface area (TPSA) is 96.5 Å². The molecule has 0 fully saturated rings. The van der Waals surface area contributed by atoms with Crippen LogP contribution in [0.15, 0.2) is 12.5 Å². The monoisotopic (exact) mass is 224 g/mol. The van der Waals surface area contributed by atoms with Gasteiger partial charge in [0.1, 0.15) is 17.0 Å². The molecule has 2 aromatic heterocycles. The Morgan fingerprint density at radius 1 is 1.60 bits per heavy atom. The average molecular weight is 224 g/mol. The van der Waals surface area contributed by atoms with Crippen LogP contribution in [0.2, 0.25) is 0 Å². The van der Waals surface area contributed by atoms with E-state index in [1.54, 1.807) is 0 Å². The predicted molar refractivity (Wildman–Crippen MR) is 52.3 cm³/mol. The van der Waals surface area contributed by atoms with Crippen LogP contribution in [-0.2, 0) is 6.42 Å². The molecule has 7 nitrogen and oxygen atoms in total. The molecule has 2 heterocycles. The molecule has 0 aliphatic carbocycles. The van der Waals surface area contributed by atoms with Gasteiger partial charge in [-0.1, -0.05) is 4.49 Å². The summed E-state index contributed by atoms with van der Waals surface area (Å²) in [5.41, 5.74) is 0. The van der Waals surface area contributed by atoms with Crippen LogP contribution < -0.4 is 5.32 Å². The second kappa shape index (κ2) is 4.60. The van der Waals surface area contributed by atoms with Crippen LogP contribution in [0, 0.1) is 0 Å². The van der Waals surface area contributed by atoms with Crippen LogP contribution in [0.25, 0.3) is 0 Å². The molecule has 2 N–H and O–H groups in total. The molecule has 15 heavy (non-hydrogen) atoms. The van der Waals surface area contributed by atoms with Crippen LogP contribution in [0.3, 0.4) is 0 Å². The molecule has 78 valence electrons. The van der Waals surface area contributed by atoms with E-state index in [0.717, 1.165) is 17.4 Å². The van der Waals surface area contributed by atoms with E-state index in [2.05, 4.69) is 30.1 Å². The second-order valence-corrected chi connectivity index (χ2v) is 3.51. The molecule has 0 saturated heterocycles. The van der Waals surface area contributed by atoms with Crippen LogP contribution >= 0.6 is 11.5 Å². The number of hydrogen-bond acceptors (Lipinski definition) is 6. The first-order valence-corrected chi connectivity index (χ1v) is 5.03. The third kappa shape index (κ3) is 2.56. The molecule has 2 rings (SSSR count). The third-order valence-corrected chi connectivity index (χ3v) is 2.36. The maximum atomic E-state index is 11.4. The lowest BCUT2D eigenvalue weighted by Gasteiger charge is -1.99. The molecule has 0 atom stereocenters. The van der Waals surface area contributed by atoms with Gasteiger partial charge < -0.3 is 5.32 Å². The quantitative estimate of drug-likeness (QED) is 0.738. The molecule has 0 radical (unpaired) electrons. The fourth-order valence-corrected chi connectivity index (χ4v) is 1.43. The molecule has 1 amide bonds. The molecular weight excluding hydrogens is 216 g/mol. The van der Waals surface area contributed by atoms with Crippen molar-refractivity contribution in [2.24, 2.45) is 0 Å². The molecule has 0 aliphatic heterocycles. The summed E-state index contributed by atoms with van der Waals surface area (Å²) in [5, 5.41) is 12.7. The number of rotatable bonds is 4. The van der Waals surface area contributed by atoms with Crippen LogP contribution in [0.4, 0.5) is 0 Å². The summed E-state index contributed by atoms with van der Waals surface area (Å²) < 4.78 is 3.60. The SMILES string of the molecule is O=C(NCCc1ncn[nH]1)c1cnns1. The molecule has 0 saturated carbocycles. The maximum Gasteiger partial charge on any atom is 0.264 e. The van der Waals surface area contributed by atoms with Gasteiger partial charge in [-0.3, -0.25) is 9.89 Å². The smallest absolute Gasteiger partial charge is 0.264 e. The lowest BCUT2D eigenvalue weighted by atomic mass is 10.4. The number of nitrogens with one attached hydrogen (secondary N) is 2. The number of aromatic nitrogens is 5. The van der Waals surface area contributed by atoms with Crippen molar-refractivity contribution in [1.82, 2.24) is 30.1 Å². The minimum Gasteiger partial charge on any atom is -0.351 e. The van der Waals surface area contributed by atoms with E-state index in [-0.39, 0.29) is 5.91 Å². The second-order valence-electron chi connectivity index (χ2n) is 2.72. The maximum absolute atomic E-state index is 11.4. The van der Waals surface area contributed by atoms with Gasteiger partial charge >= 0.3 is 0 Å². The van der Waals surface area contributed by atoms with Gasteiger partial charge in [-0.05, 0) is 11.5 Å². The average Bonchev–Trinajstić information content (AvgIpc) is 2.90. The summed E-state index contributed by atoms with van der Waals surface area (Å²) in [6.45, 7) is 0.506. The van der Waals surface area contributed by atoms with Crippen molar-refractivity contribution >= 4 is 17.4 Å². The highest BCUT2D eigenvalue weighted by Gasteiger charge is 2.07. The normalized spacial score (nSPS) is 10.1. The molecule has 0 unspecified atom stereocenters. The van der Waals surface area contributed by atoms with Crippen molar-refractivity contribution in [3.05, 3.63) is 23.2 Å². The Hall–Kier alpha value is -1.83. The number of carbonyl (C=O) groups excluding carboxylic acids is 1. The summed E-state index contributed by atoms with van der Waals surface area (Å²) >= 11 is 1.07. The Labute approximate surface area is 89.1 Å². The van der Waals surface area contributed by atoms with Crippen LogP contribution in [0.1, 0.15) is 15.5 Å². The third-order valence-electron chi connectivity index (χ3n) is 1.70. The Balaban J connectivity index is 1.77. The Morgan fingerprint density at radius 2 is 2.53 bits per heavy atom. The van der Waals surface area contributed by atoms with Crippen molar-refractivity contribution in [2.45, 2.75) is 6.42 Å². The number of amides is 1. The lowest BCUT2D eigenvalue weighted by molar-refractivity contribution is 0.0958. The number of nitrogens with zero attached hydrogens (tertiary/aromatic N) is 4. The minimum absolute atomic E-state index is 0.162. The van der Waals surface area contributed by atoms with Gasteiger partial charge in [0.15, 0.2) is 0 Å². The Bertz CT molecular complexity index is 411. The van der Waals surface area contributed by atoms with Crippen molar-refractivity contribution in [1.29, 1.82) is 0 Å². The molecule has 0 bridgehead atoms. The number of hydrogen-bond donors (Lipinski definition) is 2. The summed E-state index contributed by atoms with van der Waals surface area (Å²) in [7, 11) is 0. The molecular formula is C7H8N6OS. The fraction of sp³-hybridized carbons (Fsp3) is 0.286. The first kappa shape index (κ1) is 9.71. The summed E-state index contributed by atoms with van der Waals surface area (Å²) in [6, 6.07) is 0. The Morgan fingerprint density at radius 3 is 3.20 bits per heavy atom. The van der Waals surface area contributed by atoms with Crippen LogP contribution in [0.5, 0.6) is 0 Å². The van der Waals surface area contributed by atoms with Gasteiger partial charge in [0.2, 0.25) is 0 Å². The number of aromatic amines is 1. The van der Waals surface area contributed by atoms with Gasteiger partial charge in [-0.25, -0.2) is 4.98 Å². The van der Waals surface area contributed by atoms with E-state index in [1.807, 2.05) is 0 Å². The van der Waals surface area contributed by atoms with Crippen molar-refractivity contribution in [3.8, 4) is 0 Å². The van der Waals surface area contributed by atoms with Gasteiger partial charge in [-0.2, -0.15) is 5.10 Å². The van der Waals surface area contributed by atoms with Crippen molar-refractivity contribution < 1.29 is 4.79 Å². The minimum atomic E-state index is -0.162. The fourth-order valence-electron chi connectivity index (χ4n) is 1.00. The van der Waals surface area contributed by atoms with Gasteiger partial charge in [0.25, 0.3) is 5.91 Å². The summed E-state index contributed by atoms with van der Waals surface area (Å²) in [4.78, 5) is 15.9. The Kier molecular flexibility index (Phi) is 2.98. The summed E-state index contributed by atoms with van der Waals surface area (Å²) in [6.07, 6.45) is 3.50. The van der Waals surface area contributed by atoms with E-state index in [4.69, 9.17) is 0 Å². The zero-order valence-electron chi connectivity index (χ0n) is 7.67. The molecule has 0 aliphatic rings. The van der Waals surface area contributed by atoms with E-state index in [9.17, 15) is 4.79 Å². The largest absolute Gasteiger partial charge is 0.351 e. The molecule has 0 aromatic carbocycles. The standard InChI is InChI=1S/C7H8N6OS/c14-7(5-3-10-13-15-5)8-2-1-6-9-4-11-12-6/h3-4H,1-2H2,(H,8,14)(H,9,11,12). The van der Waals surface area contributed by atoms with E-state index in [1.165, 1.54) is 12.5 Å². The van der Waals surface area contributed by atoms with Gasteiger partial charge in [0, 0.05) is 13.0 Å². The highest BCUT2D eigenvalue weighted by atomic mass is 32.1. The zero-order valence-corrected chi connectivity index (χ0v) is 8.49. The van der Waals surface area contributed by atoms with Crippen molar-refractivity contribution in [3.63, 3.8) is 0 Å². The zero-order chi connectivity index (χ0) is 10.5. The first-order chi connectivity index (χ1) is 7.36. The highest BCUT2D eigenvalue weighted by Crippen LogP contribution is 2.00. The van der Waals surface area contributed by atoms with Crippen molar-refractivity contribution in [2.75, 3.05) is 6.54 Å². The lowest BCUT2D eigenvalue weighted by Crippen LogP contribution is -2.25. The van der Waals surface area contributed by atoms with Gasteiger partial charge in [0.05, 0.1) is 6.20 Å². The number of carbonyl (C=O) groups is 1. The molecule has 2 aromatic rings. The predicted octanol–water partition coefficient (Wildman–Crippen LogP) is -0.371. The molecule has 0 spiro atoms. The van der Waals surface area contributed by atoms with Crippen LogP contribution in [-0.4, -0.2) is 37.2 Å². The van der Waals surface area contributed by atoms with E-state index >= 15 is 0 Å². The molecule has 8 heteroatoms. The van der Waals surface area contributed by atoms with E-state index in [0.29, 0.717) is 17.8 Å². The summed E-state index contributed by atoms with van der Waals surface area (Å²) in [5.74, 6) is 0.585. The first-order valence-electron chi connectivity index (χ1n) is 4.26. The van der Waals surface area contributed by atoms with E-state index < -0.39 is 0 Å².